The summed E-state index contributed by atoms with van der Waals surface area (Å²) in [5.41, 5.74) is 4.80. The van der Waals surface area contributed by atoms with Crippen molar-refractivity contribution in [3.05, 3.63) is 35.4 Å². The molecule has 3 nitrogen and oxygen atoms in total. The van der Waals surface area contributed by atoms with Crippen molar-refractivity contribution >= 4 is 5.82 Å². The molecule has 15 heavy (non-hydrogen) atoms. The molecule has 0 spiro atoms. The monoisotopic (exact) mass is 201 g/mol. The topological polar surface area (TPSA) is 40.7 Å². The van der Waals surface area contributed by atoms with E-state index >= 15 is 0 Å². The van der Waals surface area contributed by atoms with Crippen molar-refractivity contribution in [1.82, 2.24) is 10.2 Å². The van der Waals surface area contributed by atoms with Crippen LogP contribution in [0.25, 0.3) is 11.3 Å². The summed E-state index contributed by atoms with van der Waals surface area (Å²) in [6.07, 6.45) is 0. The highest BCUT2D eigenvalue weighted by atomic mass is 15.2. The zero-order chi connectivity index (χ0) is 10.8. The highest BCUT2D eigenvalue weighted by molar-refractivity contribution is 5.66. The van der Waals surface area contributed by atoms with Crippen LogP contribution in [0.1, 0.15) is 11.1 Å². The van der Waals surface area contributed by atoms with E-state index in [2.05, 4.69) is 47.6 Å². The van der Waals surface area contributed by atoms with Crippen molar-refractivity contribution in [2.75, 3.05) is 12.4 Å². The van der Waals surface area contributed by atoms with E-state index in [-0.39, 0.29) is 0 Å². The first-order valence-corrected chi connectivity index (χ1v) is 5.01. The lowest BCUT2D eigenvalue weighted by Gasteiger charge is -2.03. The van der Waals surface area contributed by atoms with Crippen molar-refractivity contribution in [3.63, 3.8) is 0 Å². The molecule has 2 aromatic rings. The Morgan fingerprint density at radius 1 is 1.20 bits per heavy atom. The Labute approximate surface area is 89.5 Å². The smallest absolute Gasteiger partial charge is 0.148 e. The Hall–Kier alpha value is -1.77. The molecule has 0 radical (unpaired) electrons. The van der Waals surface area contributed by atoms with Gasteiger partial charge in [-0.1, -0.05) is 23.8 Å². The maximum atomic E-state index is 4.14. The first-order valence-electron chi connectivity index (χ1n) is 5.01. The van der Waals surface area contributed by atoms with Gasteiger partial charge in [-0.3, -0.25) is 5.10 Å². The van der Waals surface area contributed by atoms with E-state index in [1.165, 1.54) is 16.7 Å². The fourth-order valence-corrected chi connectivity index (χ4v) is 1.70. The molecule has 0 aliphatic heterocycles. The molecular weight excluding hydrogens is 186 g/mol. The van der Waals surface area contributed by atoms with Gasteiger partial charge in [0.2, 0.25) is 0 Å². The highest BCUT2D eigenvalue weighted by Gasteiger charge is 2.05. The third-order valence-electron chi connectivity index (χ3n) is 2.51. The minimum absolute atomic E-state index is 0.866. The highest BCUT2D eigenvalue weighted by Crippen LogP contribution is 2.23. The second kappa shape index (κ2) is 3.77. The quantitative estimate of drug-likeness (QED) is 0.784. The number of anilines is 1. The second-order valence-electron chi connectivity index (χ2n) is 3.74. The van der Waals surface area contributed by atoms with Crippen LogP contribution < -0.4 is 5.32 Å². The van der Waals surface area contributed by atoms with E-state index in [1.54, 1.807) is 0 Å². The van der Waals surface area contributed by atoms with Crippen molar-refractivity contribution in [1.29, 1.82) is 0 Å². The van der Waals surface area contributed by atoms with E-state index in [4.69, 9.17) is 0 Å². The molecule has 2 rings (SSSR count). The average Bonchev–Trinajstić information content (AvgIpc) is 2.66. The summed E-state index contributed by atoms with van der Waals surface area (Å²) in [4.78, 5) is 0. The van der Waals surface area contributed by atoms with Crippen LogP contribution in [0.2, 0.25) is 0 Å². The lowest BCUT2D eigenvalue weighted by atomic mass is 10.0. The summed E-state index contributed by atoms with van der Waals surface area (Å²) >= 11 is 0. The number of hydrogen-bond acceptors (Lipinski definition) is 2. The molecule has 1 aromatic heterocycles. The molecule has 0 saturated heterocycles. The van der Waals surface area contributed by atoms with Crippen LogP contribution in [-0.4, -0.2) is 17.2 Å². The number of aryl methyl sites for hydroxylation is 2. The molecule has 3 heteroatoms. The molecule has 78 valence electrons. The maximum Gasteiger partial charge on any atom is 0.148 e. The first kappa shape index (κ1) is 9.77. The Morgan fingerprint density at radius 3 is 2.60 bits per heavy atom. The van der Waals surface area contributed by atoms with Crippen LogP contribution in [0.5, 0.6) is 0 Å². The zero-order valence-corrected chi connectivity index (χ0v) is 9.26. The minimum atomic E-state index is 0.866. The third-order valence-corrected chi connectivity index (χ3v) is 2.51. The fraction of sp³-hybridized carbons (Fsp3) is 0.250. The van der Waals surface area contributed by atoms with Gasteiger partial charge in [-0.25, -0.2) is 0 Å². The van der Waals surface area contributed by atoms with E-state index in [1.807, 2.05) is 13.1 Å². The van der Waals surface area contributed by atoms with Crippen molar-refractivity contribution in [2.24, 2.45) is 0 Å². The number of aromatic amines is 1. The molecule has 0 fully saturated rings. The summed E-state index contributed by atoms with van der Waals surface area (Å²) in [5.74, 6) is 0.866. The Kier molecular flexibility index (Phi) is 2.46. The van der Waals surface area contributed by atoms with Gasteiger partial charge in [-0.05, 0) is 19.4 Å². The largest absolute Gasteiger partial charge is 0.372 e. The van der Waals surface area contributed by atoms with Gasteiger partial charge in [0.1, 0.15) is 5.82 Å². The Bertz CT molecular complexity index is 471. The summed E-state index contributed by atoms with van der Waals surface area (Å²) in [5, 5.41) is 10.2. The first-order chi connectivity index (χ1) is 7.20. The van der Waals surface area contributed by atoms with E-state index in [9.17, 15) is 0 Å². The van der Waals surface area contributed by atoms with Crippen molar-refractivity contribution in [2.45, 2.75) is 13.8 Å². The number of nitrogens with zero attached hydrogens (tertiary/aromatic N) is 1. The van der Waals surface area contributed by atoms with Crippen LogP contribution in [-0.2, 0) is 0 Å². The summed E-state index contributed by atoms with van der Waals surface area (Å²) < 4.78 is 0. The molecule has 0 saturated carbocycles. The van der Waals surface area contributed by atoms with Crippen LogP contribution in [0.15, 0.2) is 24.3 Å². The van der Waals surface area contributed by atoms with Gasteiger partial charge in [0.25, 0.3) is 0 Å². The number of H-pyrrole nitrogens is 1. The minimum Gasteiger partial charge on any atom is -0.372 e. The lowest BCUT2D eigenvalue weighted by molar-refractivity contribution is 1.09. The van der Waals surface area contributed by atoms with Crippen LogP contribution in [0.3, 0.4) is 0 Å². The SMILES string of the molecule is CNc1cc(-c2ccc(C)cc2C)[nH]n1. The van der Waals surface area contributed by atoms with Crippen LogP contribution >= 0.6 is 0 Å². The van der Waals surface area contributed by atoms with Gasteiger partial charge in [0, 0.05) is 18.7 Å². The average molecular weight is 201 g/mol. The number of hydrogen-bond donors (Lipinski definition) is 2. The molecule has 0 aliphatic carbocycles. The number of rotatable bonds is 2. The van der Waals surface area contributed by atoms with Gasteiger partial charge in [0.15, 0.2) is 0 Å². The van der Waals surface area contributed by atoms with Crippen molar-refractivity contribution < 1.29 is 0 Å². The van der Waals surface area contributed by atoms with Gasteiger partial charge in [-0.2, -0.15) is 5.10 Å². The van der Waals surface area contributed by atoms with Gasteiger partial charge < -0.3 is 5.32 Å². The van der Waals surface area contributed by atoms with Crippen LogP contribution in [0, 0.1) is 13.8 Å². The summed E-state index contributed by atoms with van der Waals surface area (Å²) in [6.45, 7) is 4.21. The third kappa shape index (κ3) is 1.86. The zero-order valence-electron chi connectivity index (χ0n) is 9.26. The summed E-state index contributed by atoms with van der Waals surface area (Å²) in [6, 6.07) is 8.42. The van der Waals surface area contributed by atoms with Gasteiger partial charge in [0.05, 0.1) is 5.69 Å². The number of nitrogens with one attached hydrogen (secondary N) is 2. The molecule has 0 bridgehead atoms. The molecule has 1 heterocycles. The predicted molar refractivity (Wildman–Crippen MR) is 63.0 cm³/mol. The molecule has 0 amide bonds. The molecule has 2 N–H and O–H groups in total. The molecule has 0 aliphatic rings. The standard InChI is InChI=1S/C12H15N3/c1-8-4-5-10(9(2)6-8)11-7-12(13-3)15-14-11/h4-7H,1-3H3,(H2,13,14,15). The fourth-order valence-electron chi connectivity index (χ4n) is 1.70. The Balaban J connectivity index is 2.44. The van der Waals surface area contributed by atoms with Crippen molar-refractivity contribution in [3.8, 4) is 11.3 Å². The normalized spacial score (nSPS) is 10.3. The van der Waals surface area contributed by atoms with Gasteiger partial charge >= 0.3 is 0 Å². The van der Waals surface area contributed by atoms with E-state index < -0.39 is 0 Å². The Morgan fingerprint density at radius 2 is 2.00 bits per heavy atom. The van der Waals surface area contributed by atoms with Crippen LogP contribution in [0.4, 0.5) is 5.82 Å². The van der Waals surface area contributed by atoms with E-state index in [0.717, 1.165) is 11.5 Å². The predicted octanol–water partition coefficient (Wildman–Crippen LogP) is 2.74. The maximum absolute atomic E-state index is 4.14. The second-order valence-corrected chi connectivity index (χ2v) is 3.74. The van der Waals surface area contributed by atoms with Gasteiger partial charge in [-0.15, -0.1) is 0 Å². The molecular formula is C12H15N3. The molecule has 0 atom stereocenters. The lowest BCUT2D eigenvalue weighted by Crippen LogP contribution is -1.85. The molecule has 0 unspecified atom stereocenters. The molecule has 1 aromatic carbocycles. The number of benzene rings is 1. The summed E-state index contributed by atoms with van der Waals surface area (Å²) in [7, 11) is 1.86. The van der Waals surface area contributed by atoms with E-state index in [0.29, 0.717) is 0 Å². The number of aromatic nitrogens is 2.